The molecule has 5 atom stereocenters. The standard InChI is InChI=1S/C36H50N8O8S/c1-8-23-18-36(23,32(47)41-53(49,50)25-12-13-25)38-30(45)26-17-24-19-43(26)31(46)28(34(2,3)4)37-33(48)52-20-35(5,6)15-9-10-21-16-22(11-14-27(21)51-7)29-39-42-44(24)40-29/h8,11,14,16,23-26,28H,1,9-10,12-13,15,17-20H2,2-7H3,(H,37,48)(H,38,45)(H,41,47)/t23-,24-,26+,28-,36-/m1/s1. The highest BCUT2D eigenvalue weighted by Crippen LogP contribution is 2.46. The lowest BCUT2D eigenvalue weighted by atomic mass is 9.85. The summed E-state index contributed by atoms with van der Waals surface area (Å²) in [5.41, 5.74) is -1.07. The number of cyclic esters (lactones) is 1. The van der Waals surface area contributed by atoms with Crippen LogP contribution < -0.4 is 20.1 Å². The first-order chi connectivity index (χ1) is 24.9. The van der Waals surface area contributed by atoms with Gasteiger partial charge in [-0.1, -0.05) is 40.7 Å². The highest BCUT2D eigenvalue weighted by molar-refractivity contribution is 7.91. The fourth-order valence-electron chi connectivity index (χ4n) is 7.17. The average Bonchev–Trinajstić information content (AvgIpc) is 3.97. The summed E-state index contributed by atoms with van der Waals surface area (Å²) in [5, 5.41) is 18.2. The number of nitrogens with one attached hydrogen (secondary N) is 3. The van der Waals surface area contributed by atoms with E-state index >= 15 is 0 Å². The number of methoxy groups -OCH3 is 1. The van der Waals surface area contributed by atoms with Crippen molar-refractivity contribution in [1.82, 2.24) is 40.5 Å². The molecule has 0 spiro atoms. The molecule has 2 saturated carbocycles. The van der Waals surface area contributed by atoms with E-state index in [0.717, 1.165) is 24.2 Å². The summed E-state index contributed by atoms with van der Waals surface area (Å²) in [4.78, 5) is 58.3. The third-order valence-corrected chi connectivity index (χ3v) is 12.5. The Balaban J connectivity index is 1.35. The van der Waals surface area contributed by atoms with E-state index in [1.54, 1.807) is 27.9 Å². The van der Waals surface area contributed by atoms with Gasteiger partial charge >= 0.3 is 6.09 Å². The number of tetrazole rings is 1. The van der Waals surface area contributed by atoms with Gasteiger partial charge in [0.25, 0.3) is 5.91 Å². The Morgan fingerprint density at radius 1 is 1.19 bits per heavy atom. The quantitative estimate of drug-likeness (QED) is 0.351. The lowest BCUT2D eigenvalue weighted by molar-refractivity contribution is -0.142. The van der Waals surface area contributed by atoms with Crippen molar-refractivity contribution in [1.29, 1.82) is 0 Å². The number of aryl methyl sites for hydroxylation is 1. The maximum absolute atomic E-state index is 14.5. The van der Waals surface area contributed by atoms with E-state index in [1.807, 2.05) is 32.0 Å². The smallest absolute Gasteiger partial charge is 0.407 e. The molecule has 3 heterocycles. The van der Waals surface area contributed by atoms with Crippen molar-refractivity contribution in [2.24, 2.45) is 16.7 Å². The number of aromatic nitrogens is 4. The molecule has 16 nitrogen and oxygen atoms in total. The first kappa shape index (κ1) is 38.2. The van der Waals surface area contributed by atoms with Crippen molar-refractivity contribution in [2.45, 2.75) is 108 Å². The number of rotatable bonds is 7. The number of alkyl carbamates (subject to hydrolysis) is 1. The molecule has 288 valence electrons. The molecule has 0 unspecified atom stereocenters. The number of hydrogen-bond donors (Lipinski definition) is 3. The van der Waals surface area contributed by atoms with Crippen molar-refractivity contribution >= 4 is 33.8 Å². The van der Waals surface area contributed by atoms with Crippen LogP contribution in [0.1, 0.15) is 84.7 Å². The monoisotopic (exact) mass is 754 g/mol. The van der Waals surface area contributed by atoms with Crippen molar-refractivity contribution in [2.75, 3.05) is 20.3 Å². The number of nitrogens with zero attached hydrogens (tertiary/aromatic N) is 5. The molecule has 4 aliphatic rings. The van der Waals surface area contributed by atoms with Crippen LogP contribution in [-0.4, -0.2) is 100 Å². The van der Waals surface area contributed by atoms with Crippen LogP contribution in [0, 0.1) is 16.7 Å². The molecule has 1 aromatic heterocycles. The Bertz CT molecular complexity index is 1900. The van der Waals surface area contributed by atoms with E-state index in [0.29, 0.717) is 30.7 Å². The molecule has 17 heteroatoms. The topological polar surface area (TPSA) is 204 Å². The predicted octanol–water partition coefficient (Wildman–Crippen LogP) is 2.66. The van der Waals surface area contributed by atoms with Crippen molar-refractivity contribution in [3.05, 3.63) is 36.4 Å². The molecule has 2 aromatic rings. The first-order valence-electron chi connectivity index (χ1n) is 18.1. The highest BCUT2D eigenvalue weighted by Gasteiger charge is 2.62. The number of hydrogen-bond acceptors (Lipinski definition) is 11. The molecule has 2 aliphatic carbocycles. The first-order valence-corrected chi connectivity index (χ1v) is 19.6. The minimum atomic E-state index is -3.90. The summed E-state index contributed by atoms with van der Waals surface area (Å²) in [7, 11) is -2.29. The summed E-state index contributed by atoms with van der Waals surface area (Å²) in [6.45, 7) is 13.3. The minimum absolute atomic E-state index is 0.0168. The number of benzene rings is 1. The highest BCUT2D eigenvalue weighted by atomic mass is 32.2. The van der Waals surface area contributed by atoms with Crippen LogP contribution in [0.25, 0.3) is 11.4 Å². The van der Waals surface area contributed by atoms with Gasteiger partial charge in [0.2, 0.25) is 27.7 Å². The van der Waals surface area contributed by atoms with Gasteiger partial charge in [0, 0.05) is 24.4 Å². The van der Waals surface area contributed by atoms with Crippen LogP contribution in [-0.2, 0) is 35.6 Å². The molecule has 6 bridgehead atoms. The zero-order valence-corrected chi connectivity index (χ0v) is 32.0. The summed E-state index contributed by atoms with van der Waals surface area (Å²) in [6.07, 6.45) is 4.05. The minimum Gasteiger partial charge on any atom is -0.496 e. The van der Waals surface area contributed by atoms with E-state index in [2.05, 4.69) is 37.3 Å². The summed E-state index contributed by atoms with van der Waals surface area (Å²) >= 11 is 0. The predicted molar refractivity (Wildman–Crippen MR) is 193 cm³/mol. The maximum Gasteiger partial charge on any atom is 0.407 e. The van der Waals surface area contributed by atoms with E-state index in [9.17, 15) is 27.6 Å². The number of sulfonamides is 1. The lowest BCUT2D eigenvalue weighted by Gasteiger charge is -2.35. The van der Waals surface area contributed by atoms with E-state index < -0.39 is 74.1 Å². The lowest BCUT2D eigenvalue weighted by Crippen LogP contribution is -2.60. The zero-order valence-electron chi connectivity index (χ0n) is 31.2. The number of amides is 4. The maximum atomic E-state index is 14.5. The van der Waals surface area contributed by atoms with Crippen molar-refractivity contribution < 1.29 is 37.1 Å². The van der Waals surface area contributed by atoms with Gasteiger partial charge in [-0.3, -0.25) is 19.1 Å². The van der Waals surface area contributed by atoms with Gasteiger partial charge in [0.05, 0.1) is 25.0 Å². The van der Waals surface area contributed by atoms with Crippen molar-refractivity contribution in [3.8, 4) is 17.1 Å². The fourth-order valence-corrected chi connectivity index (χ4v) is 8.53. The van der Waals surface area contributed by atoms with E-state index in [4.69, 9.17) is 9.47 Å². The molecule has 0 radical (unpaired) electrons. The van der Waals surface area contributed by atoms with E-state index in [1.165, 1.54) is 15.8 Å². The molecule has 3 N–H and O–H groups in total. The molecule has 6 rings (SSSR count). The number of carbonyl (C=O) groups is 4. The summed E-state index contributed by atoms with van der Waals surface area (Å²) in [5.74, 6) is -1.50. The Kier molecular flexibility index (Phi) is 10.1. The van der Waals surface area contributed by atoms with Crippen LogP contribution in [0.3, 0.4) is 0 Å². The van der Waals surface area contributed by atoms with Crippen LogP contribution >= 0.6 is 0 Å². The van der Waals surface area contributed by atoms with Gasteiger partial charge in [-0.2, -0.15) is 4.80 Å². The summed E-state index contributed by atoms with van der Waals surface area (Å²) < 4.78 is 38.9. The third kappa shape index (κ3) is 8.04. The van der Waals surface area contributed by atoms with E-state index in [-0.39, 0.29) is 31.4 Å². The second-order valence-corrected chi connectivity index (χ2v) is 18.5. The Labute approximate surface area is 309 Å². The zero-order chi connectivity index (χ0) is 38.5. The Hall–Kier alpha value is -4.54. The molecule has 2 aliphatic heterocycles. The van der Waals surface area contributed by atoms with Gasteiger partial charge < -0.3 is 25.0 Å². The van der Waals surface area contributed by atoms with Crippen molar-refractivity contribution in [3.63, 3.8) is 0 Å². The average molecular weight is 755 g/mol. The van der Waals surface area contributed by atoms with Gasteiger partial charge in [0.15, 0.2) is 0 Å². The van der Waals surface area contributed by atoms with Gasteiger partial charge in [0.1, 0.15) is 23.4 Å². The largest absolute Gasteiger partial charge is 0.496 e. The molecule has 4 amide bonds. The number of ether oxygens (including phenoxy) is 2. The van der Waals surface area contributed by atoms with Gasteiger partial charge in [-0.05, 0) is 78.3 Å². The fraction of sp³-hybridized carbons (Fsp3) is 0.639. The van der Waals surface area contributed by atoms with Crippen LogP contribution in [0.4, 0.5) is 4.79 Å². The molecular formula is C36H50N8O8S. The number of carbonyl (C=O) groups excluding carboxylic acids is 4. The molecule has 53 heavy (non-hydrogen) atoms. The SMILES string of the molecule is C=C[C@@H]1C[C@]1(NC(=O)[C@@H]1C[C@@H]2CN1C(=O)[C@H](C(C)(C)C)NC(=O)OCC(C)(C)CCCc1cc(ccc1OC)-c1nnn2n1)C(=O)NS(=O)(=O)C1CC1. The van der Waals surface area contributed by atoms with Gasteiger partial charge in [-0.25, -0.2) is 13.2 Å². The van der Waals surface area contributed by atoms with Gasteiger partial charge in [-0.15, -0.1) is 16.8 Å². The van der Waals surface area contributed by atoms with Crippen LogP contribution in [0.2, 0.25) is 0 Å². The third-order valence-electron chi connectivity index (χ3n) is 10.7. The normalized spacial score (nSPS) is 27.6. The molecule has 3 fully saturated rings. The van der Waals surface area contributed by atoms with Crippen LogP contribution in [0.5, 0.6) is 5.75 Å². The second-order valence-electron chi connectivity index (χ2n) is 16.6. The van der Waals surface area contributed by atoms with Crippen LogP contribution in [0.15, 0.2) is 30.9 Å². The molecule has 1 saturated heterocycles. The Morgan fingerprint density at radius 3 is 2.57 bits per heavy atom. The second kappa shape index (κ2) is 14.0. The Morgan fingerprint density at radius 2 is 1.92 bits per heavy atom. The number of fused-ring (bicyclic) bond motifs is 8. The summed E-state index contributed by atoms with van der Waals surface area (Å²) in [6, 6.07) is 2.79. The molecular weight excluding hydrogens is 705 g/mol. The molecule has 1 aromatic carbocycles.